The Balaban J connectivity index is 1.46. The Kier molecular flexibility index (Phi) is 4.36. The van der Waals surface area contributed by atoms with Crippen LogP contribution in [-0.4, -0.2) is 36.0 Å². The highest BCUT2D eigenvalue weighted by Gasteiger charge is 2.33. The number of para-hydroxylation sites is 1. The molecule has 1 aliphatic rings. The van der Waals surface area contributed by atoms with Crippen molar-refractivity contribution in [2.24, 2.45) is 5.92 Å². The zero-order valence-electron chi connectivity index (χ0n) is 15.0. The van der Waals surface area contributed by atoms with E-state index in [1.54, 1.807) is 18.2 Å². The van der Waals surface area contributed by atoms with Crippen molar-refractivity contribution in [1.29, 1.82) is 0 Å². The molecule has 0 radical (unpaired) electrons. The van der Waals surface area contributed by atoms with E-state index in [0.717, 1.165) is 24.8 Å². The van der Waals surface area contributed by atoms with E-state index >= 15 is 0 Å². The molecule has 1 aromatic carbocycles. The van der Waals surface area contributed by atoms with Crippen LogP contribution in [0.4, 0.5) is 0 Å². The molecule has 1 saturated heterocycles. The molecule has 1 fully saturated rings. The summed E-state index contributed by atoms with van der Waals surface area (Å²) in [6.45, 7) is 4.41. The number of hydrogen-bond acceptors (Lipinski definition) is 4. The molecule has 1 N–H and O–H groups in total. The van der Waals surface area contributed by atoms with E-state index in [9.17, 15) is 8.42 Å². The molecule has 138 valence electrons. The zero-order valence-corrected chi connectivity index (χ0v) is 15.8. The molecule has 0 aliphatic carbocycles. The number of aromatic amines is 1. The average molecular weight is 373 g/mol. The van der Waals surface area contributed by atoms with Crippen LogP contribution in [0.1, 0.15) is 29.9 Å². The minimum atomic E-state index is -3.53. The first kappa shape index (κ1) is 17.3. The van der Waals surface area contributed by atoms with Gasteiger partial charge in [0.15, 0.2) is 5.76 Å². The predicted octanol–water partition coefficient (Wildman–Crippen LogP) is 3.42. The van der Waals surface area contributed by atoms with Gasteiger partial charge in [0.1, 0.15) is 10.6 Å². The second-order valence-corrected chi connectivity index (χ2v) is 8.94. The SMILES string of the molecule is Cc1noc(C)c1S(=O)(=O)N1CCC(Cc2c[nH]c3ccccc23)CC1. The molecular formula is C19H23N3O3S. The molecule has 0 spiro atoms. The molecule has 3 aromatic rings. The van der Waals surface area contributed by atoms with Crippen LogP contribution >= 0.6 is 0 Å². The summed E-state index contributed by atoms with van der Waals surface area (Å²) >= 11 is 0. The molecule has 3 heterocycles. The van der Waals surface area contributed by atoms with Crippen molar-refractivity contribution in [3.8, 4) is 0 Å². The number of H-pyrrole nitrogens is 1. The van der Waals surface area contributed by atoms with Crippen LogP contribution in [0.5, 0.6) is 0 Å². The number of aryl methyl sites for hydroxylation is 2. The minimum Gasteiger partial charge on any atom is -0.361 e. The summed E-state index contributed by atoms with van der Waals surface area (Å²) < 4.78 is 32.4. The highest BCUT2D eigenvalue weighted by atomic mass is 32.2. The molecule has 0 atom stereocenters. The normalized spacial score (nSPS) is 17.2. The standard InChI is InChI=1S/C19H23N3O3S/c1-13-19(14(2)25-21-13)26(23,24)22-9-7-15(8-10-22)11-16-12-20-18-6-4-3-5-17(16)18/h3-6,12,15,20H,7-11H2,1-2H3. The molecule has 0 bridgehead atoms. The number of aromatic nitrogens is 2. The van der Waals surface area contributed by atoms with Gasteiger partial charge in [-0.25, -0.2) is 8.42 Å². The summed E-state index contributed by atoms with van der Waals surface area (Å²) in [5, 5.41) is 5.05. The van der Waals surface area contributed by atoms with Gasteiger partial charge in [-0.1, -0.05) is 23.4 Å². The second-order valence-electron chi connectivity index (χ2n) is 7.06. The molecule has 0 amide bonds. The van der Waals surface area contributed by atoms with Gasteiger partial charge in [-0.05, 0) is 50.7 Å². The average Bonchev–Trinajstić information content (AvgIpc) is 3.19. The molecule has 2 aromatic heterocycles. The second kappa shape index (κ2) is 6.55. The van der Waals surface area contributed by atoms with Gasteiger partial charge < -0.3 is 9.51 Å². The number of piperidine rings is 1. The summed E-state index contributed by atoms with van der Waals surface area (Å²) in [6, 6.07) is 8.30. The number of fused-ring (bicyclic) bond motifs is 1. The number of hydrogen-bond donors (Lipinski definition) is 1. The quantitative estimate of drug-likeness (QED) is 0.760. The predicted molar refractivity (Wildman–Crippen MR) is 99.5 cm³/mol. The van der Waals surface area contributed by atoms with E-state index in [-0.39, 0.29) is 4.90 Å². The molecular weight excluding hydrogens is 350 g/mol. The van der Waals surface area contributed by atoms with Gasteiger partial charge in [-0.3, -0.25) is 0 Å². The van der Waals surface area contributed by atoms with Gasteiger partial charge in [0.2, 0.25) is 10.0 Å². The van der Waals surface area contributed by atoms with Crippen LogP contribution < -0.4 is 0 Å². The monoisotopic (exact) mass is 373 g/mol. The van der Waals surface area contributed by atoms with Gasteiger partial charge in [0.25, 0.3) is 0 Å². The van der Waals surface area contributed by atoms with Crippen LogP contribution in [0.25, 0.3) is 10.9 Å². The third-order valence-corrected chi connectivity index (χ3v) is 7.47. The Hall–Kier alpha value is -2.12. The number of sulfonamides is 1. The molecule has 1 aliphatic heterocycles. The van der Waals surface area contributed by atoms with Gasteiger partial charge in [0.05, 0.1) is 0 Å². The number of nitrogens with zero attached hydrogens (tertiary/aromatic N) is 2. The van der Waals surface area contributed by atoms with Gasteiger partial charge in [-0.15, -0.1) is 0 Å². The van der Waals surface area contributed by atoms with Crippen LogP contribution in [0.2, 0.25) is 0 Å². The van der Waals surface area contributed by atoms with Gasteiger partial charge in [0, 0.05) is 30.2 Å². The summed E-state index contributed by atoms with van der Waals surface area (Å²) in [4.78, 5) is 3.55. The third kappa shape index (κ3) is 2.95. The van der Waals surface area contributed by atoms with Crippen molar-refractivity contribution < 1.29 is 12.9 Å². The Morgan fingerprint density at radius 2 is 1.96 bits per heavy atom. The molecule has 26 heavy (non-hydrogen) atoms. The smallest absolute Gasteiger partial charge is 0.248 e. The van der Waals surface area contributed by atoms with E-state index in [2.05, 4.69) is 34.5 Å². The lowest BCUT2D eigenvalue weighted by molar-refractivity contribution is 0.273. The Morgan fingerprint density at radius 3 is 2.65 bits per heavy atom. The van der Waals surface area contributed by atoms with Crippen LogP contribution in [0, 0.1) is 19.8 Å². The lowest BCUT2D eigenvalue weighted by atomic mass is 9.91. The maximum Gasteiger partial charge on any atom is 0.248 e. The summed E-state index contributed by atoms with van der Waals surface area (Å²) in [5.41, 5.74) is 2.90. The summed E-state index contributed by atoms with van der Waals surface area (Å²) in [5.74, 6) is 0.855. The highest BCUT2D eigenvalue weighted by molar-refractivity contribution is 7.89. The largest absolute Gasteiger partial charge is 0.361 e. The van der Waals surface area contributed by atoms with E-state index in [0.29, 0.717) is 30.5 Å². The van der Waals surface area contributed by atoms with Crippen molar-refractivity contribution in [2.75, 3.05) is 13.1 Å². The van der Waals surface area contributed by atoms with Gasteiger partial charge in [-0.2, -0.15) is 4.31 Å². The fourth-order valence-electron chi connectivity index (χ4n) is 3.94. The van der Waals surface area contributed by atoms with Crippen LogP contribution in [0.3, 0.4) is 0 Å². The van der Waals surface area contributed by atoms with Crippen molar-refractivity contribution in [2.45, 2.75) is 38.0 Å². The van der Waals surface area contributed by atoms with E-state index < -0.39 is 10.0 Å². The van der Waals surface area contributed by atoms with E-state index in [1.807, 2.05) is 6.07 Å². The first-order chi connectivity index (χ1) is 12.5. The van der Waals surface area contributed by atoms with Crippen LogP contribution in [0.15, 0.2) is 39.9 Å². The molecule has 0 saturated carbocycles. The fraction of sp³-hybridized carbons (Fsp3) is 0.421. The van der Waals surface area contributed by atoms with Crippen molar-refractivity contribution in [3.05, 3.63) is 47.5 Å². The summed E-state index contributed by atoms with van der Waals surface area (Å²) in [7, 11) is -3.53. The van der Waals surface area contributed by atoms with Crippen molar-refractivity contribution in [3.63, 3.8) is 0 Å². The highest BCUT2D eigenvalue weighted by Crippen LogP contribution is 2.30. The number of nitrogens with one attached hydrogen (secondary N) is 1. The van der Waals surface area contributed by atoms with Gasteiger partial charge >= 0.3 is 0 Å². The third-order valence-electron chi connectivity index (χ3n) is 5.32. The zero-order chi connectivity index (χ0) is 18.3. The number of benzene rings is 1. The lowest BCUT2D eigenvalue weighted by Crippen LogP contribution is -2.39. The van der Waals surface area contributed by atoms with E-state index in [1.165, 1.54) is 10.9 Å². The number of rotatable bonds is 4. The van der Waals surface area contributed by atoms with Crippen molar-refractivity contribution >= 4 is 20.9 Å². The fourth-order valence-corrected chi connectivity index (χ4v) is 5.70. The first-order valence-electron chi connectivity index (χ1n) is 8.95. The van der Waals surface area contributed by atoms with Crippen molar-refractivity contribution in [1.82, 2.24) is 14.4 Å². The molecule has 7 heteroatoms. The topological polar surface area (TPSA) is 79.2 Å². The molecule has 4 rings (SSSR count). The lowest BCUT2D eigenvalue weighted by Gasteiger charge is -2.31. The summed E-state index contributed by atoms with van der Waals surface area (Å²) in [6.07, 6.45) is 4.78. The van der Waals surface area contributed by atoms with Crippen LogP contribution in [-0.2, 0) is 16.4 Å². The molecule has 0 unspecified atom stereocenters. The Labute approximate surface area is 153 Å². The Morgan fingerprint density at radius 1 is 1.23 bits per heavy atom. The van der Waals surface area contributed by atoms with E-state index in [4.69, 9.17) is 4.52 Å². The maximum absolute atomic E-state index is 12.9. The maximum atomic E-state index is 12.9. The Bertz CT molecular complexity index is 1010. The minimum absolute atomic E-state index is 0.229. The first-order valence-corrected chi connectivity index (χ1v) is 10.4. The molecule has 6 nitrogen and oxygen atoms in total.